The molecule has 0 saturated carbocycles. The van der Waals surface area contributed by atoms with Gasteiger partial charge in [0, 0.05) is 19.8 Å². The molecule has 0 aromatic carbocycles. The molecule has 0 unspecified atom stereocenters. The molecule has 2 aromatic rings. The van der Waals surface area contributed by atoms with Gasteiger partial charge in [-0.2, -0.15) is 9.40 Å². The van der Waals surface area contributed by atoms with Crippen LogP contribution in [0.4, 0.5) is 0 Å². The number of likely N-dealkylation sites (N-methyl/N-ethyl adjacent to an activating group) is 1. The van der Waals surface area contributed by atoms with Crippen LogP contribution in [-0.4, -0.2) is 53.6 Å². The fraction of sp³-hybridized carbons (Fsp3) is 0.273. The van der Waals surface area contributed by atoms with E-state index in [2.05, 4.69) is 5.10 Å². The molecular formula is C11H14N4O4S. The second-order valence-electron chi connectivity index (χ2n) is 4.13. The lowest BCUT2D eigenvalue weighted by atomic mass is 10.2. The first-order chi connectivity index (χ1) is 9.39. The third-order valence-corrected chi connectivity index (χ3v) is 4.60. The highest BCUT2D eigenvalue weighted by atomic mass is 32.2. The number of amides is 1. The second-order valence-corrected chi connectivity index (χ2v) is 6.09. The van der Waals surface area contributed by atoms with Crippen LogP contribution in [0.1, 0.15) is 10.4 Å². The van der Waals surface area contributed by atoms with Crippen LogP contribution < -0.4 is 5.73 Å². The Labute approximate surface area is 115 Å². The summed E-state index contributed by atoms with van der Waals surface area (Å²) in [6.45, 7) is -0.441. The SMILES string of the molecule is CN(CCO)S(=O)(=O)c1nn2ccccc2c1C(N)=O. The van der Waals surface area contributed by atoms with Crippen LogP contribution in [0.25, 0.3) is 5.52 Å². The van der Waals surface area contributed by atoms with Crippen molar-refractivity contribution in [1.29, 1.82) is 0 Å². The van der Waals surface area contributed by atoms with E-state index in [-0.39, 0.29) is 18.7 Å². The molecule has 2 aromatic heterocycles. The van der Waals surface area contributed by atoms with Crippen LogP contribution in [0.5, 0.6) is 0 Å². The predicted molar refractivity (Wildman–Crippen MR) is 70.6 cm³/mol. The molecule has 1 amide bonds. The summed E-state index contributed by atoms with van der Waals surface area (Å²) in [6.07, 6.45) is 1.52. The number of carbonyl (C=O) groups excluding carboxylic acids is 1. The molecule has 9 heteroatoms. The lowest BCUT2D eigenvalue weighted by molar-refractivity contribution is 0.0998. The molecule has 3 N–H and O–H groups in total. The van der Waals surface area contributed by atoms with Crippen molar-refractivity contribution in [3.8, 4) is 0 Å². The summed E-state index contributed by atoms with van der Waals surface area (Å²) in [6, 6.07) is 4.86. The van der Waals surface area contributed by atoms with E-state index in [9.17, 15) is 13.2 Å². The largest absolute Gasteiger partial charge is 0.395 e. The van der Waals surface area contributed by atoms with Gasteiger partial charge in [-0.05, 0) is 12.1 Å². The fourth-order valence-corrected chi connectivity index (χ4v) is 3.07. The average molecular weight is 298 g/mol. The van der Waals surface area contributed by atoms with Crippen molar-refractivity contribution in [3.63, 3.8) is 0 Å². The van der Waals surface area contributed by atoms with Gasteiger partial charge in [0.25, 0.3) is 15.9 Å². The number of primary amides is 1. The van der Waals surface area contributed by atoms with Gasteiger partial charge in [0.2, 0.25) is 5.03 Å². The molecule has 2 rings (SSSR count). The number of hydrogen-bond acceptors (Lipinski definition) is 5. The van der Waals surface area contributed by atoms with Crippen molar-refractivity contribution in [3.05, 3.63) is 30.0 Å². The van der Waals surface area contributed by atoms with E-state index in [4.69, 9.17) is 10.8 Å². The summed E-state index contributed by atoms with van der Waals surface area (Å²) in [5, 5.41) is 12.3. The predicted octanol–water partition coefficient (Wildman–Crippen LogP) is -0.954. The number of nitrogens with zero attached hydrogens (tertiary/aromatic N) is 3. The van der Waals surface area contributed by atoms with Gasteiger partial charge in [-0.1, -0.05) is 6.07 Å². The third-order valence-electron chi connectivity index (χ3n) is 2.82. The maximum Gasteiger partial charge on any atom is 0.263 e. The number of aliphatic hydroxyl groups excluding tert-OH is 1. The number of carbonyl (C=O) groups is 1. The molecule has 0 saturated heterocycles. The Morgan fingerprint density at radius 2 is 2.20 bits per heavy atom. The minimum atomic E-state index is -4.00. The summed E-state index contributed by atoms with van der Waals surface area (Å²) >= 11 is 0. The van der Waals surface area contributed by atoms with E-state index in [1.54, 1.807) is 18.2 Å². The van der Waals surface area contributed by atoms with Gasteiger partial charge in [0.15, 0.2) is 0 Å². The standard InChI is InChI=1S/C11H14N4O4S/c1-14(6-7-16)20(18,19)11-9(10(12)17)8-4-2-3-5-15(8)13-11/h2-5,16H,6-7H2,1H3,(H2,12,17). The molecule has 0 spiro atoms. The van der Waals surface area contributed by atoms with E-state index < -0.39 is 21.0 Å². The first kappa shape index (κ1) is 14.4. The van der Waals surface area contributed by atoms with Crippen molar-refractivity contribution in [2.45, 2.75) is 5.03 Å². The second kappa shape index (κ2) is 5.19. The lowest BCUT2D eigenvalue weighted by Crippen LogP contribution is -2.31. The fourth-order valence-electron chi connectivity index (χ4n) is 1.80. The van der Waals surface area contributed by atoms with E-state index >= 15 is 0 Å². The minimum Gasteiger partial charge on any atom is -0.395 e. The molecule has 20 heavy (non-hydrogen) atoms. The summed E-state index contributed by atoms with van der Waals surface area (Å²) < 4.78 is 26.9. The van der Waals surface area contributed by atoms with Crippen molar-refractivity contribution in [2.24, 2.45) is 5.73 Å². The monoisotopic (exact) mass is 298 g/mol. The van der Waals surface area contributed by atoms with Crippen LogP contribution in [0, 0.1) is 0 Å². The van der Waals surface area contributed by atoms with Crippen molar-refractivity contribution in [2.75, 3.05) is 20.2 Å². The molecule has 0 aliphatic carbocycles. The Balaban J connectivity index is 2.71. The number of aliphatic hydroxyl groups is 1. The highest BCUT2D eigenvalue weighted by molar-refractivity contribution is 7.89. The third kappa shape index (κ3) is 2.26. The van der Waals surface area contributed by atoms with Crippen molar-refractivity contribution < 1.29 is 18.3 Å². The van der Waals surface area contributed by atoms with Gasteiger partial charge in [-0.15, -0.1) is 0 Å². The number of nitrogens with two attached hydrogens (primary N) is 1. The number of pyridine rings is 1. The van der Waals surface area contributed by atoms with E-state index in [0.717, 1.165) is 4.31 Å². The number of hydrogen-bond donors (Lipinski definition) is 2. The Hall–Kier alpha value is -1.97. The zero-order valence-electron chi connectivity index (χ0n) is 10.7. The topological polar surface area (TPSA) is 118 Å². The molecule has 0 atom stereocenters. The summed E-state index contributed by atoms with van der Waals surface area (Å²) in [5.41, 5.74) is 5.43. The van der Waals surface area contributed by atoms with Crippen LogP contribution in [0.2, 0.25) is 0 Å². The highest BCUT2D eigenvalue weighted by Crippen LogP contribution is 2.22. The van der Waals surface area contributed by atoms with Crippen molar-refractivity contribution in [1.82, 2.24) is 13.9 Å². The van der Waals surface area contributed by atoms with Gasteiger partial charge in [-0.3, -0.25) is 4.79 Å². The van der Waals surface area contributed by atoms with Gasteiger partial charge in [0.05, 0.1) is 12.1 Å². The average Bonchev–Trinajstić information content (AvgIpc) is 2.79. The first-order valence-corrected chi connectivity index (χ1v) is 7.18. The number of sulfonamides is 1. The molecule has 0 bridgehead atoms. The molecular weight excluding hydrogens is 284 g/mol. The maximum absolute atomic E-state index is 12.3. The van der Waals surface area contributed by atoms with E-state index in [0.29, 0.717) is 5.52 Å². The van der Waals surface area contributed by atoms with Gasteiger partial charge >= 0.3 is 0 Å². The molecule has 8 nitrogen and oxygen atoms in total. The van der Waals surface area contributed by atoms with Crippen LogP contribution in [0.3, 0.4) is 0 Å². The number of rotatable bonds is 5. The van der Waals surface area contributed by atoms with E-state index in [1.807, 2.05) is 0 Å². The first-order valence-electron chi connectivity index (χ1n) is 5.74. The normalized spacial score (nSPS) is 12.2. The van der Waals surface area contributed by atoms with E-state index in [1.165, 1.54) is 17.8 Å². The zero-order valence-corrected chi connectivity index (χ0v) is 11.5. The molecule has 0 aliphatic heterocycles. The molecule has 2 heterocycles. The van der Waals surface area contributed by atoms with Gasteiger partial charge in [-0.25, -0.2) is 12.9 Å². The smallest absolute Gasteiger partial charge is 0.263 e. The molecule has 0 fully saturated rings. The van der Waals surface area contributed by atoms with Gasteiger partial charge in [0.1, 0.15) is 5.56 Å². The summed E-state index contributed by atoms with van der Waals surface area (Å²) in [4.78, 5) is 11.6. The summed E-state index contributed by atoms with van der Waals surface area (Å²) in [5.74, 6) is -0.873. The molecule has 108 valence electrons. The minimum absolute atomic E-state index is 0.103. The lowest BCUT2D eigenvalue weighted by Gasteiger charge is -2.14. The Kier molecular flexibility index (Phi) is 3.75. The maximum atomic E-state index is 12.3. The zero-order chi connectivity index (χ0) is 14.9. The summed E-state index contributed by atoms with van der Waals surface area (Å²) in [7, 11) is -2.71. The number of fused-ring (bicyclic) bond motifs is 1. The molecule has 0 radical (unpaired) electrons. The quantitative estimate of drug-likeness (QED) is 0.737. The van der Waals surface area contributed by atoms with Crippen molar-refractivity contribution >= 4 is 21.4 Å². The van der Waals surface area contributed by atoms with Crippen LogP contribution in [-0.2, 0) is 10.0 Å². The van der Waals surface area contributed by atoms with Crippen LogP contribution in [0.15, 0.2) is 29.4 Å². The van der Waals surface area contributed by atoms with Crippen LogP contribution >= 0.6 is 0 Å². The number of aromatic nitrogens is 2. The Morgan fingerprint density at radius 1 is 1.50 bits per heavy atom. The Bertz CT molecular complexity index is 753. The molecule has 0 aliphatic rings. The van der Waals surface area contributed by atoms with Gasteiger partial charge < -0.3 is 10.8 Å². The Morgan fingerprint density at radius 3 is 2.80 bits per heavy atom. The highest BCUT2D eigenvalue weighted by Gasteiger charge is 2.31.